The molecule has 0 aromatic carbocycles. The molecule has 0 bridgehead atoms. The van der Waals surface area contributed by atoms with Crippen LogP contribution in [0.3, 0.4) is 0 Å². The monoisotopic (exact) mass is 297 g/mol. The number of hydrogen-bond acceptors (Lipinski definition) is 4. The molecule has 1 atom stereocenters. The van der Waals surface area contributed by atoms with Crippen molar-refractivity contribution in [2.75, 3.05) is 0 Å². The van der Waals surface area contributed by atoms with E-state index in [-0.39, 0.29) is 5.41 Å². The number of fused-ring (bicyclic) bond motifs is 1. The number of aliphatic carboxylic acids is 1. The van der Waals surface area contributed by atoms with Crippen LogP contribution in [0.2, 0.25) is 5.15 Å². The van der Waals surface area contributed by atoms with Gasteiger partial charge in [-0.3, -0.25) is 10.1 Å². The molecule has 2 N–H and O–H groups in total. The quantitative estimate of drug-likeness (QED) is 0.833. The van der Waals surface area contributed by atoms with Crippen molar-refractivity contribution in [1.82, 2.24) is 15.3 Å². The van der Waals surface area contributed by atoms with Gasteiger partial charge < -0.3 is 5.11 Å². The van der Waals surface area contributed by atoms with Gasteiger partial charge in [-0.1, -0.05) is 25.4 Å². The third-order valence-corrected chi connectivity index (χ3v) is 4.03. The van der Waals surface area contributed by atoms with Gasteiger partial charge in [-0.15, -0.1) is 0 Å². The normalized spacial score (nSPS) is 18.4. The molecule has 5 nitrogen and oxygen atoms in total. The molecule has 1 aromatic heterocycles. The third-order valence-electron chi connectivity index (χ3n) is 3.72. The number of hydrogen-bond donors (Lipinski definition) is 2. The fourth-order valence-electron chi connectivity index (χ4n) is 2.36. The van der Waals surface area contributed by atoms with Gasteiger partial charge in [-0.05, 0) is 31.6 Å². The van der Waals surface area contributed by atoms with Crippen molar-refractivity contribution in [3.63, 3.8) is 0 Å². The summed E-state index contributed by atoms with van der Waals surface area (Å²) < 4.78 is 0. The Morgan fingerprint density at radius 1 is 1.50 bits per heavy atom. The zero-order valence-electron chi connectivity index (χ0n) is 12.0. The van der Waals surface area contributed by atoms with Gasteiger partial charge in [0.15, 0.2) is 0 Å². The first-order valence-corrected chi connectivity index (χ1v) is 7.17. The molecule has 1 aliphatic rings. The Balaban J connectivity index is 2.15. The number of aryl methyl sites for hydroxylation is 1. The van der Waals surface area contributed by atoms with Crippen LogP contribution in [0.25, 0.3) is 0 Å². The zero-order chi connectivity index (χ0) is 14.9. The minimum Gasteiger partial charge on any atom is -0.480 e. The minimum atomic E-state index is -0.893. The molecule has 2 rings (SSSR count). The third kappa shape index (κ3) is 3.46. The Kier molecular flexibility index (Phi) is 4.30. The van der Waals surface area contributed by atoms with Gasteiger partial charge in [0.05, 0.1) is 6.54 Å². The summed E-state index contributed by atoms with van der Waals surface area (Å²) in [5, 5.41) is 12.2. The van der Waals surface area contributed by atoms with Crippen molar-refractivity contribution in [1.29, 1.82) is 0 Å². The summed E-state index contributed by atoms with van der Waals surface area (Å²) in [6.45, 7) is 6.33. The summed E-state index contributed by atoms with van der Waals surface area (Å²) in [5.74, 6) is -0.336. The highest BCUT2D eigenvalue weighted by atomic mass is 35.5. The maximum absolute atomic E-state index is 10.8. The van der Waals surface area contributed by atoms with Gasteiger partial charge in [0.25, 0.3) is 0 Å². The molecule has 1 heterocycles. The summed E-state index contributed by atoms with van der Waals surface area (Å²) in [7, 11) is 0. The average Bonchev–Trinajstić information content (AvgIpc) is 2.36. The second kappa shape index (κ2) is 5.66. The lowest BCUT2D eigenvalue weighted by Crippen LogP contribution is -2.34. The van der Waals surface area contributed by atoms with E-state index in [1.54, 1.807) is 6.92 Å². The molecule has 6 heteroatoms. The number of nitrogens with one attached hydrogen (secondary N) is 1. The number of nitrogens with zero attached hydrogens (tertiary/aromatic N) is 2. The van der Waals surface area contributed by atoms with E-state index in [2.05, 4.69) is 29.1 Å². The number of carboxylic acid groups (broad SMARTS) is 1. The van der Waals surface area contributed by atoms with E-state index >= 15 is 0 Å². The van der Waals surface area contributed by atoms with Gasteiger partial charge in [0.1, 0.15) is 17.0 Å². The van der Waals surface area contributed by atoms with Crippen molar-refractivity contribution in [3.8, 4) is 0 Å². The Morgan fingerprint density at radius 3 is 2.85 bits per heavy atom. The molecule has 20 heavy (non-hydrogen) atoms. The lowest BCUT2D eigenvalue weighted by atomic mass is 9.76. The predicted octanol–water partition coefficient (Wildman–Crippen LogP) is 2.21. The molecular weight excluding hydrogens is 278 g/mol. The molecule has 1 aliphatic carbocycles. The van der Waals surface area contributed by atoms with Crippen LogP contribution >= 0.6 is 11.6 Å². The standard InChI is InChI=1S/C14H20ClN3O2/c1-8(13(19)20)16-7-11-17-10-4-5-14(2,3)6-9(10)12(15)18-11/h8,16H,4-7H2,1-3H3,(H,19,20). The van der Waals surface area contributed by atoms with Crippen LogP contribution in [-0.2, 0) is 24.2 Å². The van der Waals surface area contributed by atoms with Crippen LogP contribution in [0.4, 0.5) is 0 Å². The lowest BCUT2D eigenvalue weighted by molar-refractivity contribution is -0.139. The Hall–Kier alpha value is -1.20. The van der Waals surface area contributed by atoms with Gasteiger partial charge >= 0.3 is 5.97 Å². The number of halogens is 1. The first-order valence-electron chi connectivity index (χ1n) is 6.79. The van der Waals surface area contributed by atoms with Gasteiger partial charge in [-0.25, -0.2) is 9.97 Å². The van der Waals surface area contributed by atoms with Crippen molar-refractivity contribution in [2.45, 2.75) is 52.6 Å². The van der Waals surface area contributed by atoms with E-state index in [0.717, 1.165) is 30.5 Å². The maximum Gasteiger partial charge on any atom is 0.320 e. The van der Waals surface area contributed by atoms with Crippen LogP contribution in [0.5, 0.6) is 0 Å². The lowest BCUT2D eigenvalue weighted by Gasteiger charge is -2.31. The smallest absolute Gasteiger partial charge is 0.320 e. The SMILES string of the molecule is CC(NCc1nc(Cl)c2c(n1)CCC(C)(C)C2)C(=O)O. The van der Waals surface area contributed by atoms with Gasteiger partial charge in [0.2, 0.25) is 0 Å². The van der Waals surface area contributed by atoms with E-state index < -0.39 is 12.0 Å². The van der Waals surface area contributed by atoms with E-state index in [9.17, 15) is 4.79 Å². The molecule has 0 spiro atoms. The highest BCUT2D eigenvalue weighted by Gasteiger charge is 2.28. The second-order valence-electron chi connectivity index (χ2n) is 6.14. The van der Waals surface area contributed by atoms with Gasteiger partial charge in [0, 0.05) is 11.3 Å². The second-order valence-corrected chi connectivity index (χ2v) is 6.50. The topological polar surface area (TPSA) is 75.1 Å². The van der Waals surface area contributed by atoms with Crippen molar-refractivity contribution < 1.29 is 9.90 Å². The summed E-state index contributed by atoms with van der Waals surface area (Å²) in [6, 6.07) is -0.632. The molecule has 0 amide bonds. The van der Waals surface area contributed by atoms with Crippen molar-refractivity contribution in [2.24, 2.45) is 5.41 Å². The van der Waals surface area contributed by atoms with E-state index in [0.29, 0.717) is 17.5 Å². The summed E-state index contributed by atoms with van der Waals surface area (Å²) in [4.78, 5) is 19.6. The Labute approximate surface area is 123 Å². The predicted molar refractivity (Wildman–Crippen MR) is 76.8 cm³/mol. The summed E-state index contributed by atoms with van der Waals surface area (Å²) >= 11 is 6.26. The molecular formula is C14H20ClN3O2. The highest BCUT2D eigenvalue weighted by molar-refractivity contribution is 6.30. The number of carboxylic acids is 1. The Morgan fingerprint density at radius 2 is 2.20 bits per heavy atom. The highest BCUT2D eigenvalue weighted by Crippen LogP contribution is 2.36. The van der Waals surface area contributed by atoms with Crippen molar-refractivity contribution in [3.05, 3.63) is 22.2 Å². The zero-order valence-corrected chi connectivity index (χ0v) is 12.8. The van der Waals surface area contributed by atoms with Crippen LogP contribution in [0, 0.1) is 5.41 Å². The largest absolute Gasteiger partial charge is 0.480 e. The average molecular weight is 298 g/mol. The van der Waals surface area contributed by atoms with Crippen molar-refractivity contribution >= 4 is 17.6 Å². The minimum absolute atomic E-state index is 0.234. The fourth-order valence-corrected chi connectivity index (χ4v) is 2.64. The molecule has 0 radical (unpaired) electrons. The van der Waals surface area contributed by atoms with Gasteiger partial charge in [-0.2, -0.15) is 0 Å². The fraction of sp³-hybridized carbons (Fsp3) is 0.643. The summed E-state index contributed by atoms with van der Waals surface area (Å²) in [5.41, 5.74) is 2.28. The first-order chi connectivity index (χ1) is 9.28. The molecule has 0 saturated heterocycles. The van der Waals surface area contributed by atoms with E-state index in [4.69, 9.17) is 16.7 Å². The number of rotatable bonds is 4. The first kappa shape index (κ1) is 15.2. The molecule has 1 aromatic rings. The van der Waals surface area contributed by atoms with Crippen LogP contribution < -0.4 is 5.32 Å². The number of aromatic nitrogens is 2. The molecule has 0 aliphatic heterocycles. The summed E-state index contributed by atoms with van der Waals surface area (Å²) in [6.07, 6.45) is 2.86. The molecule has 110 valence electrons. The molecule has 0 fully saturated rings. The van der Waals surface area contributed by atoms with Crippen LogP contribution in [-0.4, -0.2) is 27.1 Å². The van der Waals surface area contributed by atoms with E-state index in [1.807, 2.05) is 0 Å². The Bertz CT molecular complexity index is 531. The molecule has 1 unspecified atom stereocenters. The van der Waals surface area contributed by atoms with E-state index in [1.165, 1.54) is 0 Å². The number of carbonyl (C=O) groups is 1. The molecule has 0 saturated carbocycles. The maximum atomic E-state index is 10.8. The van der Waals surface area contributed by atoms with Crippen LogP contribution in [0.15, 0.2) is 0 Å². The van der Waals surface area contributed by atoms with Crippen LogP contribution in [0.1, 0.15) is 44.3 Å².